The summed E-state index contributed by atoms with van der Waals surface area (Å²) in [5.41, 5.74) is 1.60. The molecule has 9 heteroatoms. The van der Waals surface area contributed by atoms with Gasteiger partial charge in [0.1, 0.15) is 5.69 Å². The van der Waals surface area contributed by atoms with Gasteiger partial charge in [-0.25, -0.2) is 9.97 Å². The van der Waals surface area contributed by atoms with Crippen LogP contribution in [0.25, 0.3) is 11.5 Å². The van der Waals surface area contributed by atoms with Gasteiger partial charge in [0.15, 0.2) is 5.82 Å². The Labute approximate surface area is 148 Å². The molecule has 0 amide bonds. The molecule has 0 radical (unpaired) electrons. The number of imidazole rings is 1. The van der Waals surface area contributed by atoms with Crippen LogP contribution in [0, 0.1) is 5.92 Å². The highest BCUT2D eigenvalue weighted by molar-refractivity contribution is 7.86. The van der Waals surface area contributed by atoms with Gasteiger partial charge in [-0.15, -0.1) is 0 Å². The van der Waals surface area contributed by atoms with Crippen molar-refractivity contribution in [3.63, 3.8) is 0 Å². The van der Waals surface area contributed by atoms with Gasteiger partial charge in [0, 0.05) is 52.8 Å². The van der Waals surface area contributed by atoms with E-state index in [0.29, 0.717) is 19.5 Å². The number of aryl methyl sites for hydroxylation is 1. The maximum absolute atomic E-state index is 12.3. The van der Waals surface area contributed by atoms with Crippen molar-refractivity contribution in [3.05, 3.63) is 30.5 Å². The molecule has 136 valence electrons. The fraction of sp³-hybridized carbons (Fsp3) is 0.562. The number of hydrogen-bond donors (Lipinski definition) is 0. The highest BCUT2D eigenvalue weighted by Crippen LogP contribution is 2.23. The quantitative estimate of drug-likeness (QED) is 0.788. The second kappa shape index (κ2) is 7.19. The Hall–Kier alpha value is -1.84. The Morgan fingerprint density at radius 3 is 2.80 bits per heavy atom. The van der Waals surface area contributed by atoms with Crippen LogP contribution in [0.1, 0.15) is 18.5 Å². The lowest BCUT2D eigenvalue weighted by molar-refractivity contribution is 0.253. The van der Waals surface area contributed by atoms with Crippen molar-refractivity contribution in [3.8, 4) is 11.5 Å². The lowest BCUT2D eigenvalue weighted by Crippen LogP contribution is -2.45. The molecule has 0 spiro atoms. The summed E-state index contributed by atoms with van der Waals surface area (Å²) in [4.78, 5) is 13.3. The van der Waals surface area contributed by atoms with Gasteiger partial charge in [0.25, 0.3) is 10.2 Å². The molecule has 0 aromatic carbocycles. The fourth-order valence-corrected chi connectivity index (χ4v) is 4.38. The van der Waals surface area contributed by atoms with E-state index >= 15 is 0 Å². The molecule has 1 saturated heterocycles. The first kappa shape index (κ1) is 18.0. The third-order valence-corrected chi connectivity index (χ3v) is 6.41. The molecule has 1 aliphatic heterocycles. The Morgan fingerprint density at radius 1 is 1.32 bits per heavy atom. The predicted octanol–water partition coefficient (Wildman–Crippen LogP) is 0.938. The third-order valence-electron chi connectivity index (χ3n) is 4.50. The van der Waals surface area contributed by atoms with Crippen LogP contribution in [0.2, 0.25) is 0 Å². The number of rotatable bonds is 5. The third kappa shape index (κ3) is 3.88. The Kier molecular flexibility index (Phi) is 5.16. The van der Waals surface area contributed by atoms with Gasteiger partial charge in [0.2, 0.25) is 0 Å². The van der Waals surface area contributed by atoms with Crippen molar-refractivity contribution in [2.75, 3.05) is 27.2 Å². The topological polar surface area (TPSA) is 84.2 Å². The van der Waals surface area contributed by atoms with E-state index in [1.54, 1.807) is 37.0 Å². The van der Waals surface area contributed by atoms with Crippen LogP contribution < -0.4 is 0 Å². The van der Waals surface area contributed by atoms with Crippen LogP contribution in [0.4, 0.5) is 0 Å². The van der Waals surface area contributed by atoms with Crippen molar-refractivity contribution < 1.29 is 8.42 Å². The summed E-state index contributed by atoms with van der Waals surface area (Å²) >= 11 is 0. The van der Waals surface area contributed by atoms with Gasteiger partial charge in [-0.2, -0.15) is 17.0 Å². The van der Waals surface area contributed by atoms with Crippen LogP contribution in [-0.2, 0) is 23.7 Å². The maximum atomic E-state index is 12.3. The van der Waals surface area contributed by atoms with Gasteiger partial charge in [-0.3, -0.25) is 4.98 Å². The zero-order valence-electron chi connectivity index (χ0n) is 14.8. The standard InChI is InChI=1S/C16H24N6O2S/c1-20(2)25(23,24)22-7-4-5-13(12-22)9-14-10-17-11-15(19-14)16-18-6-8-21(16)3/h6,8,10-11,13H,4-5,7,9,12H2,1-3H3. The second-order valence-electron chi connectivity index (χ2n) is 6.62. The van der Waals surface area contributed by atoms with E-state index in [2.05, 4.69) is 15.0 Å². The molecular formula is C16H24N6O2S. The normalized spacial score (nSPS) is 19.4. The van der Waals surface area contributed by atoms with Crippen LogP contribution in [0.15, 0.2) is 24.8 Å². The molecule has 0 N–H and O–H groups in total. The first-order chi connectivity index (χ1) is 11.9. The summed E-state index contributed by atoms with van der Waals surface area (Å²) < 4.78 is 29.4. The zero-order valence-corrected chi connectivity index (χ0v) is 15.6. The lowest BCUT2D eigenvalue weighted by Gasteiger charge is -2.33. The first-order valence-corrected chi connectivity index (χ1v) is 9.74. The van der Waals surface area contributed by atoms with Gasteiger partial charge < -0.3 is 4.57 Å². The summed E-state index contributed by atoms with van der Waals surface area (Å²) in [5, 5.41) is 0. The lowest BCUT2D eigenvalue weighted by atomic mass is 9.95. The number of aromatic nitrogens is 4. The summed E-state index contributed by atoms with van der Waals surface area (Å²) in [6.45, 7) is 1.10. The summed E-state index contributed by atoms with van der Waals surface area (Å²) in [7, 11) is 1.70. The van der Waals surface area contributed by atoms with Crippen molar-refractivity contribution in [1.29, 1.82) is 0 Å². The minimum Gasteiger partial charge on any atom is -0.333 e. The molecule has 25 heavy (non-hydrogen) atoms. The molecular weight excluding hydrogens is 340 g/mol. The van der Waals surface area contributed by atoms with Crippen LogP contribution in [0.5, 0.6) is 0 Å². The van der Waals surface area contributed by atoms with Crippen LogP contribution in [-0.4, -0.2) is 63.7 Å². The highest BCUT2D eigenvalue weighted by atomic mass is 32.2. The SMILES string of the molecule is CN(C)S(=O)(=O)N1CCCC(Cc2cncc(-c3nccn3C)n2)C1. The van der Waals surface area contributed by atoms with Gasteiger partial charge in [-0.05, 0) is 25.2 Å². The average molecular weight is 364 g/mol. The van der Waals surface area contributed by atoms with Gasteiger partial charge in [-0.1, -0.05) is 0 Å². The number of hydrogen-bond acceptors (Lipinski definition) is 5. The van der Waals surface area contributed by atoms with E-state index < -0.39 is 10.2 Å². The molecule has 8 nitrogen and oxygen atoms in total. The molecule has 3 rings (SSSR count). The molecule has 1 atom stereocenters. The molecule has 0 bridgehead atoms. The molecule has 2 aromatic heterocycles. The van der Waals surface area contributed by atoms with Crippen molar-refractivity contribution in [2.24, 2.45) is 13.0 Å². The van der Waals surface area contributed by atoms with Crippen LogP contribution >= 0.6 is 0 Å². The van der Waals surface area contributed by atoms with E-state index in [1.807, 2.05) is 17.8 Å². The molecule has 3 heterocycles. The summed E-state index contributed by atoms with van der Waals surface area (Å²) in [6, 6.07) is 0. The number of nitrogens with zero attached hydrogens (tertiary/aromatic N) is 6. The van der Waals surface area contributed by atoms with Gasteiger partial charge >= 0.3 is 0 Å². The predicted molar refractivity (Wildman–Crippen MR) is 94.8 cm³/mol. The minimum absolute atomic E-state index is 0.245. The van der Waals surface area contributed by atoms with E-state index in [0.717, 1.165) is 30.1 Å². The molecule has 0 saturated carbocycles. The summed E-state index contributed by atoms with van der Waals surface area (Å²) in [6.07, 6.45) is 9.63. The van der Waals surface area contributed by atoms with E-state index in [9.17, 15) is 8.42 Å². The highest BCUT2D eigenvalue weighted by Gasteiger charge is 2.30. The van der Waals surface area contributed by atoms with Crippen molar-refractivity contribution in [2.45, 2.75) is 19.3 Å². The Balaban J connectivity index is 1.73. The van der Waals surface area contributed by atoms with E-state index in [4.69, 9.17) is 0 Å². The van der Waals surface area contributed by atoms with Crippen molar-refractivity contribution >= 4 is 10.2 Å². The Bertz CT molecular complexity index is 833. The van der Waals surface area contributed by atoms with Crippen molar-refractivity contribution in [1.82, 2.24) is 28.1 Å². The fourth-order valence-electron chi connectivity index (χ4n) is 3.15. The molecule has 2 aromatic rings. The average Bonchev–Trinajstić information content (AvgIpc) is 3.01. The summed E-state index contributed by atoms with van der Waals surface area (Å²) in [5.74, 6) is 1.02. The number of piperidine rings is 1. The molecule has 1 unspecified atom stereocenters. The second-order valence-corrected chi connectivity index (χ2v) is 8.76. The maximum Gasteiger partial charge on any atom is 0.281 e. The smallest absolute Gasteiger partial charge is 0.281 e. The largest absolute Gasteiger partial charge is 0.333 e. The zero-order chi connectivity index (χ0) is 18.0. The minimum atomic E-state index is -3.36. The van der Waals surface area contributed by atoms with E-state index in [1.165, 1.54) is 4.31 Å². The molecule has 0 aliphatic carbocycles. The first-order valence-electron chi connectivity index (χ1n) is 8.34. The van der Waals surface area contributed by atoms with Gasteiger partial charge in [0.05, 0.1) is 11.9 Å². The Morgan fingerprint density at radius 2 is 2.12 bits per heavy atom. The van der Waals surface area contributed by atoms with E-state index in [-0.39, 0.29) is 5.92 Å². The molecule has 1 fully saturated rings. The molecule has 1 aliphatic rings. The van der Waals surface area contributed by atoms with Crippen LogP contribution in [0.3, 0.4) is 0 Å². The monoisotopic (exact) mass is 364 g/mol.